The van der Waals surface area contributed by atoms with Crippen LogP contribution in [-0.4, -0.2) is 17.7 Å². The van der Waals surface area contributed by atoms with Crippen LogP contribution >= 0.6 is 23.1 Å². The fourth-order valence-corrected chi connectivity index (χ4v) is 6.12. The number of hydrogen-bond donors (Lipinski definition) is 0. The van der Waals surface area contributed by atoms with Gasteiger partial charge in [-0.1, -0.05) is 88.7 Å². The third-order valence-corrected chi connectivity index (χ3v) is 8.19. The van der Waals surface area contributed by atoms with Crippen molar-refractivity contribution in [1.29, 1.82) is 0 Å². The molecule has 0 radical (unpaired) electrons. The van der Waals surface area contributed by atoms with E-state index in [2.05, 4.69) is 15.9 Å². The number of rotatable bonds is 6. The molecular formula is C26H26BrO3P. The molecule has 3 aromatic carbocycles. The van der Waals surface area contributed by atoms with Crippen LogP contribution in [0.2, 0.25) is 0 Å². The second-order valence-electron chi connectivity index (χ2n) is 8.29. The fraction of sp³-hybridized carbons (Fsp3) is 0.192. The Morgan fingerprint density at radius 1 is 0.871 bits per heavy atom. The van der Waals surface area contributed by atoms with E-state index in [0.29, 0.717) is 16.2 Å². The Kier molecular flexibility index (Phi) is 7.35. The van der Waals surface area contributed by atoms with Crippen LogP contribution in [0.1, 0.15) is 26.3 Å². The molecule has 3 rings (SSSR count). The summed E-state index contributed by atoms with van der Waals surface area (Å²) in [6, 6.07) is 26.4. The summed E-state index contributed by atoms with van der Waals surface area (Å²) in [5.74, 6) is -0.456. The first-order valence-corrected chi connectivity index (χ1v) is 12.8. The molecule has 0 bridgehead atoms. The molecule has 0 aromatic heterocycles. The van der Waals surface area contributed by atoms with Crippen LogP contribution in [0.3, 0.4) is 0 Å². The monoisotopic (exact) mass is 496 g/mol. The molecule has 0 spiro atoms. The molecule has 0 atom stereocenters. The lowest BCUT2D eigenvalue weighted by molar-refractivity contribution is -0.149. The maximum atomic E-state index is 14.5. The highest BCUT2D eigenvalue weighted by Gasteiger charge is 2.32. The highest BCUT2D eigenvalue weighted by molar-refractivity contribution is 9.10. The molecule has 0 aliphatic carbocycles. The van der Waals surface area contributed by atoms with Gasteiger partial charge in [0, 0.05) is 26.8 Å². The summed E-state index contributed by atoms with van der Waals surface area (Å²) in [6.07, 6.45) is 1.85. The number of halogens is 1. The minimum atomic E-state index is -3.12. The quantitative estimate of drug-likeness (QED) is 0.232. The van der Waals surface area contributed by atoms with Gasteiger partial charge in [0.05, 0.1) is 0 Å². The number of carbonyl (C=O) groups is 1. The van der Waals surface area contributed by atoms with Crippen molar-refractivity contribution in [2.75, 3.05) is 6.16 Å². The van der Waals surface area contributed by atoms with Gasteiger partial charge in [-0.15, -0.1) is 0 Å². The van der Waals surface area contributed by atoms with Crippen LogP contribution in [0.15, 0.2) is 95.0 Å². The summed E-state index contributed by atoms with van der Waals surface area (Å²) in [7, 11) is -3.12. The van der Waals surface area contributed by atoms with Crippen LogP contribution in [0.5, 0.6) is 0 Å². The Balaban J connectivity index is 2.11. The van der Waals surface area contributed by atoms with Gasteiger partial charge in [-0.2, -0.15) is 0 Å². The van der Waals surface area contributed by atoms with Gasteiger partial charge in [0.25, 0.3) is 0 Å². The molecule has 31 heavy (non-hydrogen) atoms. The number of hydrogen-bond acceptors (Lipinski definition) is 3. The van der Waals surface area contributed by atoms with Crippen molar-refractivity contribution in [1.82, 2.24) is 0 Å². The average molecular weight is 497 g/mol. The minimum absolute atomic E-state index is 0.0754. The summed E-state index contributed by atoms with van der Waals surface area (Å²) >= 11 is 3.43. The van der Waals surface area contributed by atoms with Gasteiger partial charge >= 0.3 is 5.97 Å². The minimum Gasteiger partial charge on any atom is -0.457 e. The number of esters is 1. The first-order chi connectivity index (χ1) is 14.7. The molecule has 5 heteroatoms. The largest absolute Gasteiger partial charge is 0.457 e. The Morgan fingerprint density at radius 3 is 1.81 bits per heavy atom. The SMILES string of the molecule is CC(C)(C)OC(=O)/C(=C/c1ccc(Br)cc1)CP(=O)(c1ccccc1)c1ccccc1. The van der Waals surface area contributed by atoms with Crippen LogP contribution in [0.25, 0.3) is 6.08 Å². The highest BCUT2D eigenvalue weighted by Crippen LogP contribution is 2.45. The Hall–Kier alpha value is -2.42. The zero-order valence-electron chi connectivity index (χ0n) is 17.9. The molecule has 0 saturated heterocycles. The van der Waals surface area contributed by atoms with Crippen molar-refractivity contribution in [2.24, 2.45) is 0 Å². The Labute approximate surface area is 192 Å². The lowest BCUT2D eigenvalue weighted by Crippen LogP contribution is -2.27. The van der Waals surface area contributed by atoms with Gasteiger partial charge in [-0.05, 0) is 44.5 Å². The van der Waals surface area contributed by atoms with Gasteiger partial charge < -0.3 is 9.30 Å². The van der Waals surface area contributed by atoms with E-state index in [0.717, 1.165) is 10.0 Å². The third-order valence-electron chi connectivity index (χ3n) is 4.61. The van der Waals surface area contributed by atoms with Crippen LogP contribution < -0.4 is 10.6 Å². The van der Waals surface area contributed by atoms with E-state index in [4.69, 9.17) is 4.74 Å². The first-order valence-electron chi connectivity index (χ1n) is 10.1. The summed E-state index contributed by atoms with van der Waals surface area (Å²) in [5.41, 5.74) is 0.573. The van der Waals surface area contributed by atoms with Crippen molar-refractivity contribution >= 4 is 45.7 Å². The third kappa shape index (κ3) is 6.29. The van der Waals surface area contributed by atoms with E-state index >= 15 is 0 Å². The maximum absolute atomic E-state index is 14.5. The van der Waals surface area contributed by atoms with Gasteiger partial charge in [0.2, 0.25) is 0 Å². The standard InChI is InChI=1S/C26H26BrO3P/c1-26(2,3)30-25(28)21(18-20-14-16-22(27)17-15-20)19-31(29,23-10-6-4-7-11-23)24-12-8-5-9-13-24/h4-18H,19H2,1-3H3/b21-18+. The lowest BCUT2D eigenvalue weighted by Gasteiger charge is -2.24. The van der Waals surface area contributed by atoms with Gasteiger partial charge in [-0.3, -0.25) is 0 Å². The number of carbonyl (C=O) groups excluding carboxylic acids is 1. The van der Waals surface area contributed by atoms with Gasteiger partial charge in [-0.25, -0.2) is 4.79 Å². The molecule has 0 aliphatic heterocycles. The van der Waals surface area contributed by atoms with Crippen LogP contribution in [0, 0.1) is 0 Å². The molecule has 0 unspecified atom stereocenters. The second kappa shape index (κ2) is 9.80. The molecule has 0 heterocycles. The topological polar surface area (TPSA) is 43.4 Å². The molecule has 3 nitrogen and oxygen atoms in total. The van der Waals surface area contributed by atoms with Crippen molar-refractivity contribution in [2.45, 2.75) is 26.4 Å². The summed E-state index contributed by atoms with van der Waals surface area (Å²) < 4.78 is 21.1. The molecular weight excluding hydrogens is 471 g/mol. The normalized spacial score (nSPS) is 12.5. The van der Waals surface area contributed by atoms with Crippen LogP contribution in [0.4, 0.5) is 0 Å². The van der Waals surface area contributed by atoms with E-state index in [1.54, 1.807) is 6.08 Å². The van der Waals surface area contributed by atoms with Crippen molar-refractivity contribution < 1.29 is 14.1 Å². The van der Waals surface area contributed by atoms with E-state index in [1.165, 1.54) is 0 Å². The second-order valence-corrected chi connectivity index (χ2v) is 12.0. The molecule has 0 N–H and O–H groups in total. The Bertz CT molecular complexity index is 1060. The predicted molar refractivity (Wildman–Crippen MR) is 133 cm³/mol. The highest BCUT2D eigenvalue weighted by atomic mass is 79.9. The van der Waals surface area contributed by atoms with Crippen LogP contribution in [-0.2, 0) is 14.1 Å². The fourth-order valence-electron chi connectivity index (χ4n) is 3.18. The zero-order chi connectivity index (χ0) is 22.5. The summed E-state index contributed by atoms with van der Waals surface area (Å²) in [5, 5.41) is 1.43. The van der Waals surface area contributed by atoms with E-state index in [9.17, 15) is 9.36 Å². The number of benzene rings is 3. The molecule has 0 amide bonds. The van der Waals surface area contributed by atoms with Gasteiger partial charge in [0.15, 0.2) is 0 Å². The average Bonchev–Trinajstić information content (AvgIpc) is 2.75. The molecule has 160 valence electrons. The molecule has 3 aromatic rings. The van der Waals surface area contributed by atoms with Crippen molar-refractivity contribution in [3.05, 3.63) is 101 Å². The van der Waals surface area contributed by atoms with E-state index in [1.807, 2.05) is 106 Å². The lowest BCUT2D eigenvalue weighted by atomic mass is 10.1. The maximum Gasteiger partial charge on any atom is 0.335 e. The zero-order valence-corrected chi connectivity index (χ0v) is 20.4. The Morgan fingerprint density at radius 2 is 1.35 bits per heavy atom. The predicted octanol–water partition coefficient (Wildman–Crippen LogP) is 6.19. The van der Waals surface area contributed by atoms with Gasteiger partial charge in [0.1, 0.15) is 12.7 Å². The van der Waals surface area contributed by atoms with E-state index < -0.39 is 18.7 Å². The van der Waals surface area contributed by atoms with Crippen molar-refractivity contribution in [3.63, 3.8) is 0 Å². The molecule has 0 aliphatic rings. The smallest absolute Gasteiger partial charge is 0.335 e. The number of ether oxygens (including phenoxy) is 1. The summed E-state index contributed by atoms with van der Waals surface area (Å²) in [4.78, 5) is 13.1. The molecule has 0 saturated carbocycles. The van der Waals surface area contributed by atoms with E-state index in [-0.39, 0.29) is 6.16 Å². The summed E-state index contributed by atoms with van der Waals surface area (Å²) in [6.45, 7) is 5.49. The first kappa shape index (κ1) is 23.2. The van der Waals surface area contributed by atoms with Crippen molar-refractivity contribution in [3.8, 4) is 0 Å². The molecule has 0 fully saturated rings.